The van der Waals surface area contributed by atoms with Gasteiger partial charge in [0, 0.05) is 12.7 Å². The first kappa shape index (κ1) is 20.6. The van der Waals surface area contributed by atoms with Crippen LogP contribution in [0, 0.1) is 0 Å². The number of nitrogens with one attached hydrogen (secondary N) is 1. The number of sulfone groups is 1. The zero-order chi connectivity index (χ0) is 20.4. The van der Waals surface area contributed by atoms with Gasteiger partial charge >= 0.3 is 6.18 Å². The van der Waals surface area contributed by atoms with Gasteiger partial charge in [-0.3, -0.25) is 4.79 Å². The lowest BCUT2D eigenvalue weighted by Gasteiger charge is -2.11. The van der Waals surface area contributed by atoms with Crippen molar-refractivity contribution >= 4 is 21.4 Å². The van der Waals surface area contributed by atoms with Gasteiger partial charge < -0.3 is 16.2 Å². The molecule has 0 spiro atoms. The maximum absolute atomic E-state index is 12.6. The predicted octanol–water partition coefficient (Wildman–Crippen LogP) is 1.63. The summed E-state index contributed by atoms with van der Waals surface area (Å²) in [5.41, 5.74) is 4.24. The van der Waals surface area contributed by atoms with E-state index in [1.807, 2.05) is 0 Å². The number of nitrogens with zero attached hydrogens (tertiary/aromatic N) is 1. The van der Waals surface area contributed by atoms with E-state index in [9.17, 15) is 26.4 Å². The number of benzene rings is 1. The molecule has 1 aromatic carbocycles. The average molecular weight is 403 g/mol. The number of aromatic nitrogens is 1. The number of amides is 1. The third-order valence-electron chi connectivity index (χ3n) is 3.47. The van der Waals surface area contributed by atoms with Crippen LogP contribution >= 0.6 is 0 Å². The van der Waals surface area contributed by atoms with E-state index in [-0.39, 0.29) is 27.7 Å². The van der Waals surface area contributed by atoms with Crippen molar-refractivity contribution in [3.8, 4) is 0 Å². The first-order valence-corrected chi connectivity index (χ1v) is 9.05. The first-order chi connectivity index (χ1) is 12.4. The standard InChI is InChI=1S/C16H16F3N3O4S/c1-9(23)7-22-15(24)14-13(20)6-12(8-21-14)27(25,26)11-4-2-10(3-5-11)16(17,18)19/h2-6,8-9,23H,7,20H2,1H3,(H,22,24). The minimum atomic E-state index is -4.59. The molecule has 0 saturated heterocycles. The summed E-state index contributed by atoms with van der Waals surface area (Å²) >= 11 is 0. The van der Waals surface area contributed by atoms with Crippen molar-refractivity contribution < 1.29 is 31.5 Å². The maximum Gasteiger partial charge on any atom is 0.416 e. The fraction of sp³-hybridized carbons (Fsp3) is 0.250. The van der Waals surface area contributed by atoms with Gasteiger partial charge in [-0.25, -0.2) is 13.4 Å². The van der Waals surface area contributed by atoms with E-state index < -0.39 is 33.6 Å². The van der Waals surface area contributed by atoms with Crippen LogP contribution in [0.5, 0.6) is 0 Å². The first-order valence-electron chi connectivity index (χ1n) is 7.57. The van der Waals surface area contributed by atoms with Crippen molar-refractivity contribution in [1.29, 1.82) is 0 Å². The Hall–Kier alpha value is -2.66. The number of aliphatic hydroxyl groups excluding tert-OH is 1. The SMILES string of the molecule is CC(O)CNC(=O)c1ncc(S(=O)(=O)c2ccc(C(F)(F)F)cc2)cc1N. The van der Waals surface area contributed by atoms with Gasteiger partial charge in [0.15, 0.2) is 5.69 Å². The molecular weight excluding hydrogens is 387 g/mol. The summed E-state index contributed by atoms with van der Waals surface area (Å²) in [5.74, 6) is -0.702. The lowest BCUT2D eigenvalue weighted by molar-refractivity contribution is -0.137. The molecule has 4 N–H and O–H groups in total. The molecule has 2 rings (SSSR count). The van der Waals surface area contributed by atoms with E-state index in [0.717, 1.165) is 24.4 Å². The fourth-order valence-corrected chi connectivity index (χ4v) is 3.32. The van der Waals surface area contributed by atoms with Gasteiger partial charge in [-0.05, 0) is 37.3 Å². The summed E-state index contributed by atoms with van der Waals surface area (Å²) in [6.07, 6.45) is -4.50. The number of rotatable bonds is 5. The average Bonchev–Trinajstić information content (AvgIpc) is 2.58. The Bertz CT molecular complexity index is 942. The molecule has 27 heavy (non-hydrogen) atoms. The molecule has 0 fully saturated rings. The Morgan fingerprint density at radius 3 is 2.33 bits per heavy atom. The highest BCUT2D eigenvalue weighted by Gasteiger charge is 2.31. The van der Waals surface area contributed by atoms with E-state index >= 15 is 0 Å². The van der Waals surface area contributed by atoms with Crippen LogP contribution in [-0.4, -0.2) is 37.1 Å². The summed E-state index contributed by atoms with van der Waals surface area (Å²) in [6, 6.07) is 3.97. The molecule has 146 valence electrons. The zero-order valence-corrected chi connectivity index (χ0v) is 14.8. The summed E-state index contributed by atoms with van der Waals surface area (Å²) in [6.45, 7) is 1.41. The molecule has 2 aromatic rings. The molecule has 1 aromatic heterocycles. The Balaban J connectivity index is 2.32. The molecule has 7 nitrogen and oxygen atoms in total. The zero-order valence-electron chi connectivity index (χ0n) is 14.0. The van der Waals surface area contributed by atoms with Crippen LogP contribution in [0.25, 0.3) is 0 Å². The van der Waals surface area contributed by atoms with E-state index in [2.05, 4.69) is 10.3 Å². The minimum Gasteiger partial charge on any atom is -0.397 e. The van der Waals surface area contributed by atoms with E-state index in [1.54, 1.807) is 0 Å². The number of nitrogens with two attached hydrogens (primary N) is 1. The highest BCUT2D eigenvalue weighted by molar-refractivity contribution is 7.91. The number of carbonyl (C=O) groups excluding carboxylic acids is 1. The number of aliphatic hydroxyl groups is 1. The Morgan fingerprint density at radius 2 is 1.85 bits per heavy atom. The van der Waals surface area contributed by atoms with Crippen LogP contribution in [0.3, 0.4) is 0 Å². The number of hydrogen-bond donors (Lipinski definition) is 3. The highest BCUT2D eigenvalue weighted by atomic mass is 32.2. The smallest absolute Gasteiger partial charge is 0.397 e. The molecule has 0 radical (unpaired) electrons. The molecule has 1 atom stereocenters. The lowest BCUT2D eigenvalue weighted by Crippen LogP contribution is -2.31. The van der Waals surface area contributed by atoms with Crippen LogP contribution < -0.4 is 11.1 Å². The quantitative estimate of drug-likeness (QED) is 0.697. The second-order valence-electron chi connectivity index (χ2n) is 5.69. The van der Waals surface area contributed by atoms with Crippen LogP contribution in [-0.2, 0) is 16.0 Å². The van der Waals surface area contributed by atoms with E-state index in [1.165, 1.54) is 6.92 Å². The van der Waals surface area contributed by atoms with Crippen molar-refractivity contribution in [3.05, 3.63) is 47.8 Å². The molecule has 1 unspecified atom stereocenters. The van der Waals surface area contributed by atoms with Gasteiger partial charge in [0.2, 0.25) is 9.84 Å². The number of nitrogen functional groups attached to an aromatic ring is 1. The monoisotopic (exact) mass is 403 g/mol. The van der Waals surface area contributed by atoms with Crippen molar-refractivity contribution in [3.63, 3.8) is 0 Å². The number of carbonyl (C=O) groups is 1. The van der Waals surface area contributed by atoms with Crippen LogP contribution in [0.1, 0.15) is 23.0 Å². The van der Waals surface area contributed by atoms with Crippen LogP contribution in [0.15, 0.2) is 46.3 Å². The van der Waals surface area contributed by atoms with Gasteiger partial charge in [0.05, 0.1) is 27.1 Å². The van der Waals surface area contributed by atoms with Gasteiger partial charge in [-0.2, -0.15) is 13.2 Å². The topological polar surface area (TPSA) is 122 Å². The third kappa shape index (κ3) is 4.74. The fourth-order valence-electron chi connectivity index (χ4n) is 2.08. The van der Waals surface area contributed by atoms with Crippen LogP contribution in [0.4, 0.5) is 18.9 Å². The summed E-state index contributed by atoms with van der Waals surface area (Å²) < 4.78 is 62.9. The lowest BCUT2D eigenvalue weighted by atomic mass is 10.2. The summed E-state index contributed by atoms with van der Waals surface area (Å²) in [4.78, 5) is 14.9. The molecule has 0 aliphatic heterocycles. The number of pyridine rings is 1. The molecule has 1 heterocycles. The van der Waals surface area contributed by atoms with E-state index in [0.29, 0.717) is 12.1 Å². The number of alkyl halides is 3. The minimum absolute atomic E-state index is 0.0500. The predicted molar refractivity (Wildman–Crippen MR) is 89.6 cm³/mol. The molecular formula is C16H16F3N3O4S. The normalized spacial score (nSPS) is 13.2. The van der Waals surface area contributed by atoms with Gasteiger partial charge in [-0.15, -0.1) is 0 Å². The van der Waals surface area contributed by atoms with Crippen molar-refractivity contribution in [2.75, 3.05) is 12.3 Å². The third-order valence-corrected chi connectivity index (χ3v) is 5.20. The number of halogens is 3. The van der Waals surface area contributed by atoms with Crippen molar-refractivity contribution in [2.24, 2.45) is 0 Å². The maximum atomic E-state index is 12.6. The van der Waals surface area contributed by atoms with Gasteiger partial charge in [0.25, 0.3) is 5.91 Å². The van der Waals surface area contributed by atoms with E-state index in [4.69, 9.17) is 10.8 Å². The van der Waals surface area contributed by atoms with Gasteiger partial charge in [-0.1, -0.05) is 0 Å². The van der Waals surface area contributed by atoms with Crippen molar-refractivity contribution in [2.45, 2.75) is 29.0 Å². The molecule has 0 aliphatic carbocycles. The molecule has 1 amide bonds. The van der Waals surface area contributed by atoms with Crippen LogP contribution in [0.2, 0.25) is 0 Å². The number of hydrogen-bond acceptors (Lipinski definition) is 6. The Labute approximate surface area is 153 Å². The second-order valence-corrected chi connectivity index (χ2v) is 7.64. The summed E-state index contributed by atoms with van der Waals surface area (Å²) in [5, 5.41) is 11.5. The molecule has 0 aliphatic rings. The Kier molecular flexibility index (Phi) is 5.76. The van der Waals surface area contributed by atoms with Crippen molar-refractivity contribution in [1.82, 2.24) is 10.3 Å². The summed E-state index contributed by atoms with van der Waals surface area (Å²) in [7, 11) is -4.17. The number of anilines is 1. The highest BCUT2D eigenvalue weighted by Crippen LogP contribution is 2.31. The second kappa shape index (κ2) is 7.53. The molecule has 11 heteroatoms. The molecule has 0 bridgehead atoms. The Morgan fingerprint density at radius 1 is 1.26 bits per heavy atom. The molecule has 0 saturated carbocycles. The van der Waals surface area contributed by atoms with Gasteiger partial charge in [0.1, 0.15) is 0 Å². The largest absolute Gasteiger partial charge is 0.416 e.